The van der Waals surface area contributed by atoms with Crippen molar-refractivity contribution in [3.05, 3.63) is 39.4 Å². The Labute approximate surface area is 131 Å². The van der Waals surface area contributed by atoms with E-state index in [0.29, 0.717) is 10.4 Å². The molecule has 2 aliphatic heterocycles. The molecule has 21 heavy (non-hydrogen) atoms. The van der Waals surface area contributed by atoms with E-state index in [1.807, 2.05) is 4.90 Å². The van der Waals surface area contributed by atoms with Crippen LogP contribution in [-0.2, 0) is 0 Å². The predicted molar refractivity (Wildman–Crippen MR) is 82.8 cm³/mol. The summed E-state index contributed by atoms with van der Waals surface area (Å²) in [7, 11) is 0. The molecule has 2 heterocycles. The van der Waals surface area contributed by atoms with E-state index in [0.717, 1.165) is 31.2 Å². The van der Waals surface area contributed by atoms with Crippen LogP contribution in [0.25, 0.3) is 0 Å². The molecular weight excluding hydrogens is 336 g/mol. The van der Waals surface area contributed by atoms with Gasteiger partial charge in [-0.05, 0) is 44.2 Å². The van der Waals surface area contributed by atoms with Crippen molar-refractivity contribution in [2.45, 2.75) is 49.5 Å². The van der Waals surface area contributed by atoms with E-state index >= 15 is 0 Å². The second-order valence-electron chi connectivity index (χ2n) is 5.98. The molecule has 0 spiro atoms. The average Bonchev–Trinajstić information content (AvgIpc) is 2.69. The summed E-state index contributed by atoms with van der Waals surface area (Å²) in [5, 5.41) is 11.0. The summed E-state index contributed by atoms with van der Waals surface area (Å²) in [5.41, 5.74) is 1.17. The highest BCUT2D eigenvalue weighted by molar-refractivity contribution is 9.09. The molecule has 0 aliphatic carbocycles. The molecule has 0 saturated carbocycles. The van der Waals surface area contributed by atoms with Crippen LogP contribution in [0.5, 0.6) is 0 Å². The van der Waals surface area contributed by atoms with Crippen molar-refractivity contribution in [2.75, 3.05) is 0 Å². The molecule has 2 fully saturated rings. The van der Waals surface area contributed by atoms with Gasteiger partial charge in [-0.3, -0.25) is 14.9 Å². The fourth-order valence-corrected chi connectivity index (χ4v) is 4.45. The first kappa shape index (κ1) is 14.5. The Hall–Kier alpha value is -1.43. The van der Waals surface area contributed by atoms with Gasteiger partial charge in [0.25, 0.3) is 11.6 Å². The zero-order valence-electron chi connectivity index (χ0n) is 11.8. The number of piperidine rings is 1. The molecule has 2 saturated heterocycles. The summed E-state index contributed by atoms with van der Waals surface area (Å²) in [6, 6.07) is 5.17. The second kappa shape index (κ2) is 5.40. The number of rotatable bonds is 2. The number of fused-ring (bicyclic) bond motifs is 2. The van der Waals surface area contributed by atoms with Gasteiger partial charge in [-0.25, -0.2) is 0 Å². The van der Waals surface area contributed by atoms with Crippen molar-refractivity contribution in [3.8, 4) is 0 Å². The Bertz CT molecular complexity index is 591. The molecule has 6 heteroatoms. The SMILES string of the molecule is Cc1cc(C(=O)N2C3CCC2CC(Br)C3)cc([N+](=O)[O-])c1. The minimum atomic E-state index is -0.441. The summed E-state index contributed by atoms with van der Waals surface area (Å²) in [6.07, 6.45) is 4.01. The number of nitro groups is 1. The van der Waals surface area contributed by atoms with E-state index in [2.05, 4.69) is 15.9 Å². The van der Waals surface area contributed by atoms with Crippen LogP contribution in [0, 0.1) is 17.0 Å². The highest BCUT2D eigenvalue weighted by Gasteiger charge is 2.42. The third kappa shape index (κ3) is 2.69. The van der Waals surface area contributed by atoms with Crippen LogP contribution in [-0.4, -0.2) is 32.6 Å². The molecule has 1 aromatic rings. The maximum atomic E-state index is 12.8. The lowest BCUT2D eigenvalue weighted by atomic mass is 10.0. The molecule has 3 rings (SSSR count). The quantitative estimate of drug-likeness (QED) is 0.465. The monoisotopic (exact) mass is 352 g/mol. The lowest BCUT2D eigenvalue weighted by molar-refractivity contribution is -0.384. The largest absolute Gasteiger partial charge is 0.333 e. The standard InChI is InChI=1S/C15H17BrN2O3/c1-9-4-10(6-14(5-9)18(20)21)15(19)17-12-2-3-13(17)8-11(16)7-12/h4-6,11-13H,2-3,7-8H2,1H3. The molecule has 0 N–H and O–H groups in total. The minimum Gasteiger partial charge on any atom is -0.333 e. The van der Waals surface area contributed by atoms with Gasteiger partial charge in [-0.1, -0.05) is 15.9 Å². The van der Waals surface area contributed by atoms with E-state index in [-0.39, 0.29) is 23.7 Å². The number of alkyl halides is 1. The molecule has 2 aliphatic rings. The fourth-order valence-electron chi connectivity index (χ4n) is 3.58. The Balaban J connectivity index is 1.91. The molecular formula is C15H17BrN2O3. The number of aryl methyl sites for hydroxylation is 1. The minimum absolute atomic E-state index is 0.0129. The highest BCUT2D eigenvalue weighted by Crippen LogP contribution is 2.39. The van der Waals surface area contributed by atoms with Crippen molar-refractivity contribution < 1.29 is 9.72 Å². The lowest BCUT2D eigenvalue weighted by Crippen LogP contribution is -2.46. The van der Waals surface area contributed by atoms with Crippen molar-refractivity contribution in [2.24, 2.45) is 0 Å². The summed E-state index contributed by atoms with van der Waals surface area (Å²) >= 11 is 3.66. The Kier molecular flexibility index (Phi) is 3.73. The summed E-state index contributed by atoms with van der Waals surface area (Å²) in [4.78, 5) is 25.7. The first-order chi connectivity index (χ1) is 9.95. The van der Waals surface area contributed by atoms with E-state index in [1.165, 1.54) is 12.1 Å². The molecule has 2 bridgehead atoms. The number of hydrogen-bond donors (Lipinski definition) is 0. The number of nitrogens with zero attached hydrogens (tertiary/aromatic N) is 2. The Morgan fingerprint density at radius 2 is 1.90 bits per heavy atom. The van der Waals surface area contributed by atoms with E-state index in [4.69, 9.17) is 0 Å². The van der Waals surface area contributed by atoms with Crippen LogP contribution in [0.4, 0.5) is 5.69 Å². The number of hydrogen-bond acceptors (Lipinski definition) is 3. The maximum Gasteiger partial charge on any atom is 0.270 e. The van der Waals surface area contributed by atoms with Gasteiger partial charge < -0.3 is 4.90 Å². The van der Waals surface area contributed by atoms with E-state index < -0.39 is 4.92 Å². The van der Waals surface area contributed by atoms with Gasteiger partial charge in [0.05, 0.1) is 4.92 Å². The smallest absolute Gasteiger partial charge is 0.270 e. The zero-order valence-corrected chi connectivity index (χ0v) is 13.4. The number of carbonyl (C=O) groups excluding carboxylic acids is 1. The predicted octanol–water partition coefficient (Wildman–Crippen LogP) is 3.43. The van der Waals surface area contributed by atoms with Gasteiger partial charge in [0.2, 0.25) is 0 Å². The molecule has 0 radical (unpaired) electrons. The van der Waals surface area contributed by atoms with Crippen molar-refractivity contribution in [3.63, 3.8) is 0 Å². The third-order valence-electron chi connectivity index (χ3n) is 4.43. The lowest BCUT2D eigenvalue weighted by Gasteiger charge is -2.37. The van der Waals surface area contributed by atoms with Crippen LogP contribution >= 0.6 is 15.9 Å². The summed E-state index contributed by atoms with van der Waals surface area (Å²) in [5.74, 6) is -0.0614. The number of carbonyl (C=O) groups is 1. The third-order valence-corrected chi connectivity index (χ3v) is 5.18. The molecule has 112 valence electrons. The van der Waals surface area contributed by atoms with Crippen LogP contribution in [0.15, 0.2) is 18.2 Å². The van der Waals surface area contributed by atoms with Crippen molar-refractivity contribution in [1.29, 1.82) is 0 Å². The molecule has 2 atom stereocenters. The van der Waals surface area contributed by atoms with Crippen LogP contribution in [0.1, 0.15) is 41.6 Å². The van der Waals surface area contributed by atoms with Crippen LogP contribution in [0.2, 0.25) is 0 Å². The van der Waals surface area contributed by atoms with E-state index in [9.17, 15) is 14.9 Å². The number of amides is 1. The first-order valence-electron chi connectivity index (χ1n) is 7.18. The van der Waals surface area contributed by atoms with Gasteiger partial charge in [-0.15, -0.1) is 0 Å². The normalized spacial score (nSPS) is 27.7. The van der Waals surface area contributed by atoms with Gasteiger partial charge in [0.15, 0.2) is 0 Å². The van der Waals surface area contributed by atoms with Gasteiger partial charge in [-0.2, -0.15) is 0 Å². The van der Waals surface area contributed by atoms with Crippen LogP contribution in [0.3, 0.4) is 0 Å². The van der Waals surface area contributed by atoms with Gasteiger partial charge in [0.1, 0.15) is 0 Å². The molecule has 5 nitrogen and oxygen atoms in total. The molecule has 1 aromatic carbocycles. The topological polar surface area (TPSA) is 63.5 Å². The van der Waals surface area contributed by atoms with Crippen molar-refractivity contribution in [1.82, 2.24) is 4.90 Å². The number of benzene rings is 1. The fraction of sp³-hybridized carbons (Fsp3) is 0.533. The highest BCUT2D eigenvalue weighted by atomic mass is 79.9. The number of halogens is 1. The van der Waals surface area contributed by atoms with Crippen LogP contribution < -0.4 is 0 Å². The van der Waals surface area contributed by atoms with Crippen molar-refractivity contribution >= 4 is 27.5 Å². The van der Waals surface area contributed by atoms with E-state index in [1.54, 1.807) is 13.0 Å². The molecule has 0 aromatic heterocycles. The number of nitro benzene ring substituents is 1. The maximum absolute atomic E-state index is 12.8. The average molecular weight is 353 g/mol. The molecule has 2 unspecified atom stereocenters. The molecule has 1 amide bonds. The number of non-ortho nitro benzene ring substituents is 1. The summed E-state index contributed by atoms with van der Waals surface area (Å²) in [6.45, 7) is 1.78. The first-order valence-corrected chi connectivity index (χ1v) is 8.10. The zero-order chi connectivity index (χ0) is 15.1. The Morgan fingerprint density at radius 3 is 2.48 bits per heavy atom. The Morgan fingerprint density at radius 1 is 1.29 bits per heavy atom. The van der Waals surface area contributed by atoms with Gasteiger partial charge in [0, 0.05) is 34.6 Å². The van der Waals surface area contributed by atoms with Gasteiger partial charge >= 0.3 is 0 Å². The summed E-state index contributed by atoms with van der Waals surface area (Å²) < 4.78 is 0. The second-order valence-corrected chi connectivity index (χ2v) is 7.28.